The third kappa shape index (κ3) is 3.87. The Bertz CT molecular complexity index is 1170. The van der Waals surface area contributed by atoms with Crippen molar-refractivity contribution in [3.8, 4) is 0 Å². The molecule has 4 aromatic rings. The van der Waals surface area contributed by atoms with Crippen LogP contribution in [0, 0.1) is 0 Å². The lowest BCUT2D eigenvalue weighted by Gasteiger charge is -2.07. The predicted molar refractivity (Wildman–Crippen MR) is 112 cm³/mol. The van der Waals surface area contributed by atoms with E-state index in [1.54, 1.807) is 17.8 Å². The number of nitrogens with zero attached hydrogens (tertiary/aromatic N) is 3. The highest BCUT2D eigenvalue weighted by molar-refractivity contribution is 7.98. The first-order valence-electron chi connectivity index (χ1n) is 9.24. The van der Waals surface area contributed by atoms with Crippen LogP contribution in [0.3, 0.4) is 0 Å². The standard InChI is InChI=1S/C22H21N3O2S/c1-3-15-9-10-18-17(13-21(26)27-19(18)11-15)14-28-22-24-23-20(25(22)2)12-16-7-5-4-6-8-16/h4-11,13H,3,12,14H2,1-2H3. The molecule has 142 valence electrons. The molecule has 0 aliphatic carbocycles. The predicted octanol–water partition coefficient (Wildman–Crippen LogP) is 4.37. The van der Waals surface area contributed by atoms with Gasteiger partial charge in [0.05, 0.1) is 0 Å². The molecule has 0 saturated carbocycles. The van der Waals surface area contributed by atoms with Crippen LogP contribution in [-0.4, -0.2) is 14.8 Å². The Morgan fingerprint density at radius 2 is 1.86 bits per heavy atom. The summed E-state index contributed by atoms with van der Waals surface area (Å²) in [6, 6.07) is 17.9. The Labute approximate surface area is 167 Å². The first kappa shape index (κ1) is 18.5. The van der Waals surface area contributed by atoms with Crippen LogP contribution in [0.1, 0.15) is 29.4 Å². The molecule has 0 spiro atoms. The molecule has 0 amide bonds. The van der Waals surface area contributed by atoms with E-state index in [1.807, 2.05) is 41.9 Å². The van der Waals surface area contributed by atoms with Crippen LogP contribution < -0.4 is 5.63 Å². The molecule has 28 heavy (non-hydrogen) atoms. The van der Waals surface area contributed by atoms with Gasteiger partial charge in [0.25, 0.3) is 0 Å². The molecule has 0 atom stereocenters. The lowest BCUT2D eigenvalue weighted by atomic mass is 10.1. The molecule has 0 N–H and O–H groups in total. The maximum absolute atomic E-state index is 12.0. The van der Waals surface area contributed by atoms with Crippen LogP contribution in [0.15, 0.2) is 69.0 Å². The number of thioether (sulfide) groups is 1. The van der Waals surface area contributed by atoms with Gasteiger partial charge in [-0.05, 0) is 29.2 Å². The molecule has 5 nitrogen and oxygen atoms in total. The number of fused-ring (bicyclic) bond motifs is 1. The van der Waals surface area contributed by atoms with E-state index in [0.29, 0.717) is 11.3 Å². The minimum Gasteiger partial charge on any atom is -0.423 e. The minimum atomic E-state index is -0.320. The van der Waals surface area contributed by atoms with E-state index in [2.05, 4.69) is 35.3 Å². The smallest absolute Gasteiger partial charge is 0.336 e. The van der Waals surface area contributed by atoms with Crippen molar-refractivity contribution in [2.24, 2.45) is 7.05 Å². The monoisotopic (exact) mass is 391 g/mol. The summed E-state index contributed by atoms with van der Waals surface area (Å²) in [6.07, 6.45) is 1.64. The highest BCUT2D eigenvalue weighted by Gasteiger charge is 2.12. The van der Waals surface area contributed by atoms with Gasteiger partial charge in [-0.2, -0.15) is 0 Å². The molecule has 4 rings (SSSR count). The van der Waals surface area contributed by atoms with Crippen molar-refractivity contribution in [3.05, 3.63) is 87.5 Å². The van der Waals surface area contributed by atoms with E-state index in [9.17, 15) is 4.79 Å². The third-order valence-corrected chi connectivity index (χ3v) is 5.86. The Kier molecular flexibility index (Phi) is 5.30. The number of rotatable bonds is 6. The van der Waals surface area contributed by atoms with Crippen LogP contribution in [0.25, 0.3) is 11.0 Å². The zero-order chi connectivity index (χ0) is 19.5. The molecule has 2 aromatic heterocycles. The van der Waals surface area contributed by atoms with Gasteiger partial charge in [0, 0.05) is 30.7 Å². The Balaban J connectivity index is 1.56. The highest BCUT2D eigenvalue weighted by atomic mass is 32.2. The second-order valence-corrected chi connectivity index (χ2v) is 7.63. The maximum Gasteiger partial charge on any atom is 0.336 e. The van der Waals surface area contributed by atoms with Gasteiger partial charge in [-0.15, -0.1) is 10.2 Å². The van der Waals surface area contributed by atoms with Gasteiger partial charge in [0.15, 0.2) is 5.16 Å². The van der Waals surface area contributed by atoms with Crippen molar-refractivity contribution in [2.75, 3.05) is 0 Å². The van der Waals surface area contributed by atoms with Gasteiger partial charge in [-0.3, -0.25) is 0 Å². The van der Waals surface area contributed by atoms with E-state index in [4.69, 9.17) is 4.42 Å². The number of aryl methyl sites for hydroxylation is 1. The van der Waals surface area contributed by atoms with E-state index >= 15 is 0 Å². The second-order valence-electron chi connectivity index (χ2n) is 6.68. The number of benzene rings is 2. The normalized spacial score (nSPS) is 11.2. The average molecular weight is 391 g/mol. The topological polar surface area (TPSA) is 60.9 Å². The van der Waals surface area contributed by atoms with Crippen LogP contribution in [0.2, 0.25) is 0 Å². The zero-order valence-electron chi connectivity index (χ0n) is 15.9. The molecule has 2 heterocycles. The first-order valence-corrected chi connectivity index (χ1v) is 10.2. The van der Waals surface area contributed by atoms with Crippen molar-refractivity contribution in [1.29, 1.82) is 0 Å². The SMILES string of the molecule is CCc1ccc2c(CSc3nnc(Cc4ccccc4)n3C)cc(=O)oc2c1. The molecule has 0 unspecified atom stereocenters. The van der Waals surface area contributed by atoms with Crippen molar-refractivity contribution < 1.29 is 4.42 Å². The van der Waals surface area contributed by atoms with E-state index < -0.39 is 0 Å². The largest absolute Gasteiger partial charge is 0.423 e. The van der Waals surface area contributed by atoms with Gasteiger partial charge < -0.3 is 8.98 Å². The molecule has 2 aromatic carbocycles. The fraction of sp³-hybridized carbons (Fsp3) is 0.227. The summed E-state index contributed by atoms with van der Waals surface area (Å²) < 4.78 is 7.41. The number of aromatic nitrogens is 3. The fourth-order valence-electron chi connectivity index (χ4n) is 3.16. The zero-order valence-corrected chi connectivity index (χ0v) is 16.7. The number of hydrogen-bond donors (Lipinski definition) is 0. The van der Waals surface area contributed by atoms with E-state index in [-0.39, 0.29) is 5.63 Å². The van der Waals surface area contributed by atoms with Gasteiger partial charge in [0.1, 0.15) is 11.4 Å². The Hall–Kier alpha value is -2.86. The van der Waals surface area contributed by atoms with Crippen LogP contribution >= 0.6 is 11.8 Å². The van der Waals surface area contributed by atoms with Crippen LogP contribution in [0.5, 0.6) is 0 Å². The molecule has 0 saturated heterocycles. The summed E-state index contributed by atoms with van der Waals surface area (Å²) in [4.78, 5) is 12.0. The molecule has 0 aliphatic rings. The minimum absolute atomic E-state index is 0.320. The average Bonchev–Trinajstić information content (AvgIpc) is 3.05. The second kappa shape index (κ2) is 8.02. The van der Waals surface area contributed by atoms with Gasteiger partial charge >= 0.3 is 5.63 Å². The summed E-state index contributed by atoms with van der Waals surface area (Å²) in [5.41, 5.74) is 3.63. The van der Waals surface area contributed by atoms with Crippen molar-refractivity contribution >= 4 is 22.7 Å². The van der Waals surface area contributed by atoms with Crippen LogP contribution in [-0.2, 0) is 25.6 Å². The third-order valence-electron chi connectivity index (χ3n) is 4.79. The summed E-state index contributed by atoms with van der Waals surface area (Å²) in [5.74, 6) is 1.55. The molecular formula is C22H21N3O2S. The maximum atomic E-state index is 12.0. The Morgan fingerprint density at radius 3 is 2.64 bits per heavy atom. The van der Waals surface area contributed by atoms with Gasteiger partial charge in [-0.25, -0.2) is 4.79 Å². The van der Waals surface area contributed by atoms with Gasteiger partial charge in [0.2, 0.25) is 0 Å². The summed E-state index contributed by atoms with van der Waals surface area (Å²) >= 11 is 1.57. The summed E-state index contributed by atoms with van der Waals surface area (Å²) in [6.45, 7) is 2.08. The molecule has 0 bridgehead atoms. The summed E-state index contributed by atoms with van der Waals surface area (Å²) in [7, 11) is 1.98. The number of hydrogen-bond acceptors (Lipinski definition) is 5. The molecule has 6 heteroatoms. The van der Waals surface area contributed by atoms with Crippen LogP contribution in [0.4, 0.5) is 0 Å². The van der Waals surface area contributed by atoms with Crippen molar-refractivity contribution in [2.45, 2.75) is 30.7 Å². The fourth-order valence-corrected chi connectivity index (χ4v) is 4.08. The lowest BCUT2D eigenvalue weighted by Crippen LogP contribution is -2.02. The van der Waals surface area contributed by atoms with E-state index in [1.165, 1.54) is 5.56 Å². The van der Waals surface area contributed by atoms with Crippen molar-refractivity contribution in [1.82, 2.24) is 14.8 Å². The highest BCUT2D eigenvalue weighted by Crippen LogP contribution is 2.26. The first-order chi connectivity index (χ1) is 13.6. The molecular weight excluding hydrogens is 370 g/mol. The summed E-state index contributed by atoms with van der Waals surface area (Å²) in [5, 5.41) is 10.5. The molecule has 0 aliphatic heterocycles. The lowest BCUT2D eigenvalue weighted by molar-refractivity contribution is 0.559. The van der Waals surface area contributed by atoms with Crippen molar-refractivity contribution in [3.63, 3.8) is 0 Å². The van der Waals surface area contributed by atoms with Gasteiger partial charge in [-0.1, -0.05) is 61.2 Å². The Morgan fingerprint density at radius 1 is 1.04 bits per heavy atom. The quantitative estimate of drug-likeness (QED) is 0.361. The molecule has 0 fully saturated rings. The van der Waals surface area contributed by atoms with E-state index in [0.717, 1.165) is 40.3 Å². The molecule has 0 radical (unpaired) electrons.